The molecule has 0 aliphatic heterocycles. The summed E-state index contributed by atoms with van der Waals surface area (Å²) in [5, 5.41) is 3.23. The lowest BCUT2D eigenvalue weighted by atomic mass is 10.2. The molecule has 0 saturated carbocycles. The van der Waals surface area contributed by atoms with E-state index in [0.29, 0.717) is 28.4 Å². The zero-order chi connectivity index (χ0) is 17.1. The van der Waals surface area contributed by atoms with E-state index < -0.39 is 5.76 Å². The van der Waals surface area contributed by atoms with Gasteiger partial charge in [0.05, 0.1) is 12.6 Å². The molecule has 124 valence electrons. The largest absolute Gasteiger partial charge is 0.496 e. The van der Waals surface area contributed by atoms with Gasteiger partial charge >= 0.3 is 5.76 Å². The maximum atomic E-state index is 12.2. The third kappa shape index (κ3) is 3.28. The highest BCUT2D eigenvalue weighted by molar-refractivity contribution is 6.31. The molecule has 3 aromatic rings. The molecule has 0 saturated heterocycles. The van der Waals surface area contributed by atoms with Crippen molar-refractivity contribution in [1.82, 2.24) is 9.88 Å². The van der Waals surface area contributed by atoms with Crippen LogP contribution in [0.3, 0.4) is 0 Å². The molecule has 24 heavy (non-hydrogen) atoms. The number of amides is 1. The van der Waals surface area contributed by atoms with Crippen LogP contribution in [-0.4, -0.2) is 17.6 Å². The molecule has 0 fully saturated rings. The molecule has 6 nitrogen and oxygen atoms in total. The summed E-state index contributed by atoms with van der Waals surface area (Å²) < 4.78 is 11.6. The second-order valence-corrected chi connectivity index (χ2v) is 5.59. The predicted octanol–water partition coefficient (Wildman–Crippen LogP) is 2.57. The molecule has 0 aliphatic rings. The summed E-state index contributed by atoms with van der Waals surface area (Å²) in [7, 11) is 1.57. The first-order chi connectivity index (χ1) is 11.6. The van der Waals surface area contributed by atoms with Crippen LogP contribution in [0.15, 0.2) is 51.7 Å². The molecule has 3 rings (SSSR count). The van der Waals surface area contributed by atoms with Crippen molar-refractivity contribution in [3.8, 4) is 5.75 Å². The Morgan fingerprint density at radius 2 is 2.08 bits per heavy atom. The lowest BCUT2D eigenvalue weighted by Crippen LogP contribution is -2.30. The maximum absolute atomic E-state index is 12.2. The van der Waals surface area contributed by atoms with Gasteiger partial charge in [0.2, 0.25) is 5.91 Å². The van der Waals surface area contributed by atoms with Crippen LogP contribution in [0.4, 0.5) is 0 Å². The Kier molecular flexibility index (Phi) is 4.57. The van der Waals surface area contributed by atoms with Gasteiger partial charge in [0.15, 0.2) is 5.58 Å². The molecule has 1 N–H and O–H groups in total. The monoisotopic (exact) mass is 346 g/mol. The molecule has 1 aromatic heterocycles. The standard InChI is InChI=1S/C17H15ClN2O4/c1-23-14-5-3-2-4-11(14)9-19-16(21)10-20-13-8-12(18)6-7-15(13)24-17(20)22/h2-8H,9-10H2,1H3,(H,19,21). The van der Waals surface area contributed by atoms with Gasteiger partial charge in [-0.05, 0) is 24.3 Å². The number of rotatable bonds is 5. The lowest BCUT2D eigenvalue weighted by molar-refractivity contribution is -0.121. The molecule has 0 bridgehead atoms. The van der Waals surface area contributed by atoms with Crippen molar-refractivity contribution in [2.24, 2.45) is 0 Å². The number of fused-ring (bicyclic) bond motifs is 1. The fourth-order valence-electron chi connectivity index (χ4n) is 2.43. The second-order valence-electron chi connectivity index (χ2n) is 5.15. The first kappa shape index (κ1) is 16.1. The molecule has 2 aromatic carbocycles. The van der Waals surface area contributed by atoms with E-state index in [0.717, 1.165) is 5.56 Å². The lowest BCUT2D eigenvalue weighted by Gasteiger charge is -2.09. The molecule has 7 heteroatoms. The van der Waals surface area contributed by atoms with Gasteiger partial charge in [0.25, 0.3) is 0 Å². The number of hydrogen-bond acceptors (Lipinski definition) is 4. The number of ether oxygens (including phenoxy) is 1. The fourth-order valence-corrected chi connectivity index (χ4v) is 2.59. The van der Waals surface area contributed by atoms with Crippen molar-refractivity contribution < 1.29 is 13.9 Å². The molecule has 1 amide bonds. The molecule has 0 atom stereocenters. The number of hydrogen-bond donors (Lipinski definition) is 1. The van der Waals surface area contributed by atoms with Crippen LogP contribution in [0.5, 0.6) is 5.75 Å². The van der Waals surface area contributed by atoms with Crippen LogP contribution in [0.2, 0.25) is 5.02 Å². The third-order valence-electron chi connectivity index (χ3n) is 3.60. The number of carbonyl (C=O) groups excluding carboxylic acids is 1. The summed E-state index contributed by atoms with van der Waals surface area (Å²) >= 11 is 5.94. The van der Waals surface area contributed by atoms with E-state index in [9.17, 15) is 9.59 Å². The van der Waals surface area contributed by atoms with Crippen LogP contribution in [0.1, 0.15) is 5.56 Å². The Bertz CT molecular complexity index is 945. The summed E-state index contributed by atoms with van der Waals surface area (Å²) in [6.45, 7) is 0.148. The fraction of sp³-hybridized carbons (Fsp3) is 0.176. The normalized spacial score (nSPS) is 10.8. The Balaban J connectivity index is 1.75. The van der Waals surface area contributed by atoms with Crippen molar-refractivity contribution >= 4 is 28.6 Å². The van der Waals surface area contributed by atoms with E-state index in [1.165, 1.54) is 4.57 Å². The SMILES string of the molecule is COc1ccccc1CNC(=O)Cn1c(=O)oc2ccc(Cl)cc21. The molecule has 0 aliphatic carbocycles. The van der Waals surface area contributed by atoms with E-state index in [-0.39, 0.29) is 12.5 Å². The van der Waals surface area contributed by atoms with E-state index in [1.54, 1.807) is 25.3 Å². The van der Waals surface area contributed by atoms with Crippen molar-refractivity contribution in [1.29, 1.82) is 0 Å². The van der Waals surface area contributed by atoms with Gasteiger partial charge in [-0.3, -0.25) is 9.36 Å². The highest BCUT2D eigenvalue weighted by Crippen LogP contribution is 2.19. The number of aromatic nitrogens is 1. The van der Waals surface area contributed by atoms with E-state index >= 15 is 0 Å². The van der Waals surface area contributed by atoms with Crippen molar-refractivity contribution in [2.45, 2.75) is 13.1 Å². The maximum Gasteiger partial charge on any atom is 0.420 e. The first-order valence-corrected chi connectivity index (χ1v) is 7.64. The number of methoxy groups -OCH3 is 1. The first-order valence-electron chi connectivity index (χ1n) is 7.26. The summed E-state index contributed by atoms with van der Waals surface area (Å²) in [5.41, 5.74) is 1.72. The van der Waals surface area contributed by atoms with Gasteiger partial charge in [-0.2, -0.15) is 0 Å². The van der Waals surface area contributed by atoms with Crippen molar-refractivity contribution in [2.75, 3.05) is 7.11 Å². The van der Waals surface area contributed by atoms with Crippen LogP contribution < -0.4 is 15.8 Å². The van der Waals surface area contributed by atoms with Gasteiger partial charge in [0, 0.05) is 17.1 Å². The number of nitrogens with one attached hydrogen (secondary N) is 1. The summed E-state index contributed by atoms with van der Waals surface area (Å²) in [4.78, 5) is 24.1. The van der Waals surface area contributed by atoms with E-state index in [1.807, 2.05) is 24.3 Å². The third-order valence-corrected chi connectivity index (χ3v) is 3.83. The van der Waals surface area contributed by atoms with E-state index in [2.05, 4.69) is 5.32 Å². The molecule has 1 heterocycles. The zero-order valence-electron chi connectivity index (χ0n) is 12.9. The van der Waals surface area contributed by atoms with Gasteiger partial charge in [-0.1, -0.05) is 29.8 Å². The molecule has 0 radical (unpaired) electrons. The topological polar surface area (TPSA) is 73.5 Å². The number of halogens is 1. The Morgan fingerprint density at radius 3 is 2.88 bits per heavy atom. The van der Waals surface area contributed by atoms with Crippen molar-refractivity contribution in [3.05, 3.63) is 63.6 Å². The van der Waals surface area contributed by atoms with Gasteiger partial charge < -0.3 is 14.5 Å². The smallest absolute Gasteiger partial charge is 0.420 e. The van der Waals surface area contributed by atoms with Crippen molar-refractivity contribution in [3.63, 3.8) is 0 Å². The number of para-hydroxylation sites is 1. The molecule has 0 unspecified atom stereocenters. The Hall–Kier alpha value is -2.73. The second kappa shape index (κ2) is 6.80. The predicted molar refractivity (Wildman–Crippen MR) is 90.3 cm³/mol. The number of benzene rings is 2. The molecule has 0 spiro atoms. The van der Waals surface area contributed by atoms with E-state index in [4.69, 9.17) is 20.8 Å². The number of oxazole rings is 1. The number of carbonyl (C=O) groups is 1. The summed E-state index contributed by atoms with van der Waals surface area (Å²) in [5.74, 6) is -0.221. The summed E-state index contributed by atoms with van der Waals surface area (Å²) in [6.07, 6.45) is 0. The minimum atomic E-state index is -0.597. The van der Waals surface area contributed by atoms with Crippen LogP contribution in [0.25, 0.3) is 11.1 Å². The quantitative estimate of drug-likeness (QED) is 0.770. The van der Waals surface area contributed by atoms with Crippen LogP contribution in [0, 0.1) is 0 Å². The zero-order valence-corrected chi connectivity index (χ0v) is 13.7. The van der Waals surface area contributed by atoms with Gasteiger partial charge in [-0.15, -0.1) is 0 Å². The van der Waals surface area contributed by atoms with Gasteiger partial charge in [-0.25, -0.2) is 4.79 Å². The molecular weight excluding hydrogens is 332 g/mol. The highest BCUT2D eigenvalue weighted by atomic mass is 35.5. The minimum Gasteiger partial charge on any atom is -0.496 e. The highest BCUT2D eigenvalue weighted by Gasteiger charge is 2.13. The molecular formula is C17H15ClN2O4. The number of nitrogens with zero attached hydrogens (tertiary/aromatic N) is 1. The average Bonchev–Trinajstić information content (AvgIpc) is 2.88. The van der Waals surface area contributed by atoms with Gasteiger partial charge in [0.1, 0.15) is 12.3 Å². The van der Waals surface area contributed by atoms with Crippen LogP contribution >= 0.6 is 11.6 Å². The average molecular weight is 347 g/mol. The summed E-state index contributed by atoms with van der Waals surface area (Å²) in [6, 6.07) is 12.2. The Labute approximate surface area is 142 Å². The minimum absolute atomic E-state index is 0.151. The Morgan fingerprint density at radius 1 is 1.29 bits per heavy atom. The van der Waals surface area contributed by atoms with Crippen LogP contribution in [-0.2, 0) is 17.9 Å².